The summed E-state index contributed by atoms with van der Waals surface area (Å²) < 4.78 is 7.22. The van der Waals surface area contributed by atoms with Gasteiger partial charge in [0.25, 0.3) is 0 Å². The van der Waals surface area contributed by atoms with E-state index in [1.54, 1.807) is 0 Å². The van der Waals surface area contributed by atoms with E-state index in [9.17, 15) is 0 Å². The van der Waals surface area contributed by atoms with Crippen LogP contribution in [0.25, 0.3) is 5.65 Å². The summed E-state index contributed by atoms with van der Waals surface area (Å²) >= 11 is 0. The van der Waals surface area contributed by atoms with Crippen molar-refractivity contribution in [2.24, 2.45) is 0 Å². The molecule has 0 bridgehead atoms. The topological polar surface area (TPSA) is 64.3 Å². The zero-order valence-electron chi connectivity index (χ0n) is 10.5. The van der Waals surface area contributed by atoms with Gasteiger partial charge < -0.3 is 10.1 Å². The van der Waals surface area contributed by atoms with Crippen LogP contribution in [0, 0.1) is 0 Å². The molecule has 0 aromatic carbocycles. The molecule has 2 aromatic rings. The van der Waals surface area contributed by atoms with E-state index in [-0.39, 0.29) is 0 Å². The summed E-state index contributed by atoms with van der Waals surface area (Å²) in [5.74, 6) is 1.34. The maximum Gasteiger partial charge on any atom is 0.177 e. The van der Waals surface area contributed by atoms with Crippen LogP contribution in [0.1, 0.15) is 30.3 Å². The molecule has 0 saturated carbocycles. The molecule has 1 aliphatic rings. The first kappa shape index (κ1) is 11.6. The Balaban J connectivity index is 1.95. The van der Waals surface area contributed by atoms with E-state index < -0.39 is 0 Å². The maximum atomic E-state index is 5.39. The zero-order chi connectivity index (χ0) is 12.4. The average Bonchev–Trinajstić information content (AvgIpc) is 2.83. The van der Waals surface area contributed by atoms with Crippen molar-refractivity contribution in [3.8, 4) is 0 Å². The largest absolute Gasteiger partial charge is 0.381 e. The lowest BCUT2D eigenvalue weighted by Crippen LogP contribution is -2.17. The van der Waals surface area contributed by atoms with Crippen LogP contribution in [-0.2, 0) is 11.3 Å². The van der Waals surface area contributed by atoms with E-state index in [0.717, 1.165) is 43.2 Å². The molecule has 18 heavy (non-hydrogen) atoms. The molecule has 0 aliphatic carbocycles. The number of hydrogen-bond donors (Lipinski definition) is 1. The van der Waals surface area contributed by atoms with Crippen molar-refractivity contribution in [1.82, 2.24) is 25.1 Å². The summed E-state index contributed by atoms with van der Waals surface area (Å²) in [7, 11) is 1.89. The van der Waals surface area contributed by atoms with Gasteiger partial charge in [0.05, 0.1) is 12.2 Å². The number of ether oxygens (including phenoxy) is 1. The minimum atomic E-state index is 0.494. The fraction of sp³-hybridized carbons (Fsp3) is 0.583. The Morgan fingerprint density at radius 3 is 2.94 bits per heavy atom. The van der Waals surface area contributed by atoms with Crippen LogP contribution in [0.4, 0.5) is 0 Å². The third-order valence-electron chi connectivity index (χ3n) is 3.32. The standard InChI is InChI=1S/C12H17N5O/c1-13-8-12-15-14-11-3-2-10(16-17(11)12)9-4-6-18-7-5-9/h2-3,9,13H,4-8H2,1H3. The Hall–Kier alpha value is -1.53. The Morgan fingerprint density at radius 1 is 1.33 bits per heavy atom. The number of rotatable bonds is 3. The highest BCUT2D eigenvalue weighted by atomic mass is 16.5. The second kappa shape index (κ2) is 4.99. The summed E-state index contributed by atoms with van der Waals surface area (Å²) in [6, 6.07) is 4.05. The molecule has 1 fully saturated rings. The molecular formula is C12H17N5O. The van der Waals surface area contributed by atoms with Gasteiger partial charge in [0.15, 0.2) is 11.5 Å². The lowest BCUT2D eigenvalue weighted by atomic mass is 9.96. The zero-order valence-corrected chi connectivity index (χ0v) is 10.5. The van der Waals surface area contributed by atoms with Crippen molar-refractivity contribution in [3.05, 3.63) is 23.7 Å². The van der Waals surface area contributed by atoms with Gasteiger partial charge in [0.1, 0.15) is 0 Å². The number of aromatic nitrogens is 4. The van der Waals surface area contributed by atoms with Crippen molar-refractivity contribution in [2.45, 2.75) is 25.3 Å². The summed E-state index contributed by atoms with van der Waals surface area (Å²) in [6.07, 6.45) is 2.09. The molecule has 2 aromatic heterocycles. The van der Waals surface area contributed by atoms with E-state index in [0.29, 0.717) is 12.5 Å². The van der Waals surface area contributed by atoms with Gasteiger partial charge in [-0.15, -0.1) is 10.2 Å². The Labute approximate surface area is 105 Å². The van der Waals surface area contributed by atoms with Crippen molar-refractivity contribution in [3.63, 3.8) is 0 Å². The highest BCUT2D eigenvalue weighted by Gasteiger charge is 2.18. The lowest BCUT2D eigenvalue weighted by molar-refractivity contribution is 0.0842. The predicted molar refractivity (Wildman–Crippen MR) is 66.3 cm³/mol. The average molecular weight is 247 g/mol. The molecule has 0 radical (unpaired) electrons. The van der Waals surface area contributed by atoms with Crippen molar-refractivity contribution in [2.75, 3.05) is 20.3 Å². The Morgan fingerprint density at radius 2 is 2.17 bits per heavy atom. The molecule has 96 valence electrons. The van der Waals surface area contributed by atoms with Gasteiger partial charge in [-0.25, -0.2) is 0 Å². The van der Waals surface area contributed by atoms with Crippen molar-refractivity contribution < 1.29 is 4.74 Å². The lowest BCUT2D eigenvalue weighted by Gasteiger charge is -2.21. The molecule has 0 amide bonds. The summed E-state index contributed by atoms with van der Waals surface area (Å²) in [4.78, 5) is 0. The van der Waals surface area contributed by atoms with Crippen LogP contribution >= 0.6 is 0 Å². The highest BCUT2D eigenvalue weighted by molar-refractivity contribution is 5.36. The molecule has 1 aliphatic heterocycles. The fourth-order valence-corrected chi connectivity index (χ4v) is 2.33. The number of hydrogen-bond acceptors (Lipinski definition) is 5. The smallest absolute Gasteiger partial charge is 0.177 e. The number of fused-ring (bicyclic) bond motifs is 1. The normalized spacial score (nSPS) is 17.4. The maximum absolute atomic E-state index is 5.39. The SMILES string of the molecule is CNCc1nnc2ccc(C3CCOCC3)nn12. The minimum Gasteiger partial charge on any atom is -0.381 e. The second-order valence-electron chi connectivity index (χ2n) is 4.56. The van der Waals surface area contributed by atoms with Crippen molar-refractivity contribution >= 4 is 5.65 Å². The van der Waals surface area contributed by atoms with Gasteiger partial charge in [-0.1, -0.05) is 0 Å². The predicted octanol–water partition coefficient (Wildman–Crippen LogP) is 0.738. The summed E-state index contributed by atoms with van der Waals surface area (Å²) in [6.45, 7) is 2.33. The van der Waals surface area contributed by atoms with Crippen LogP contribution in [0.2, 0.25) is 0 Å². The van der Waals surface area contributed by atoms with E-state index in [2.05, 4.69) is 26.7 Å². The molecule has 0 atom stereocenters. The van der Waals surface area contributed by atoms with Gasteiger partial charge in [-0.3, -0.25) is 0 Å². The Bertz CT molecular complexity index is 532. The third kappa shape index (κ3) is 2.09. The van der Waals surface area contributed by atoms with Crippen LogP contribution in [0.3, 0.4) is 0 Å². The molecular weight excluding hydrogens is 230 g/mol. The molecule has 0 spiro atoms. The molecule has 0 unspecified atom stereocenters. The van der Waals surface area contributed by atoms with Gasteiger partial charge >= 0.3 is 0 Å². The minimum absolute atomic E-state index is 0.494. The number of nitrogens with zero attached hydrogens (tertiary/aromatic N) is 4. The summed E-state index contributed by atoms with van der Waals surface area (Å²) in [5.41, 5.74) is 1.92. The van der Waals surface area contributed by atoms with Crippen LogP contribution < -0.4 is 5.32 Å². The first-order valence-corrected chi connectivity index (χ1v) is 6.32. The second-order valence-corrected chi connectivity index (χ2v) is 4.56. The molecule has 1 N–H and O–H groups in total. The first-order chi connectivity index (χ1) is 8.88. The van der Waals surface area contributed by atoms with Gasteiger partial charge in [-0.2, -0.15) is 9.61 Å². The molecule has 6 nitrogen and oxygen atoms in total. The van der Waals surface area contributed by atoms with E-state index in [1.807, 2.05) is 17.6 Å². The molecule has 1 saturated heterocycles. The van der Waals surface area contributed by atoms with Gasteiger partial charge in [0, 0.05) is 19.1 Å². The molecule has 6 heteroatoms. The van der Waals surface area contributed by atoms with E-state index >= 15 is 0 Å². The van der Waals surface area contributed by atoms with Crippen molar-refractivity contribution in [1.29, 1.82) is 0 Å². The fourth-order valence-electron chi connectivity index (χ4n) is 2.33. The Kier molecular flexibility index (Phi) is 3.21. The number of nitrogens with one attached hydrogen (secondary N) is 1. The van der Waals surface area contributed by atoms with Crippen LogP contribution in [0.5, 0.6) is 0 Å². The van der Waals surface area contributed by atoms with Gasteiger partial charge in [0.2, 0.25) is 0 Å². The van der Waals surface area contributed by atoms with Gasteiger partial charge in [-0.05, 0) is 32.0 Å². The monoisotopic (exact) mass is 247 g/mol. The quantitative estimate of drug-likeness (QED) is 0.866. The third-order valence-corrected chi connectivity index (χ3v) is 3.32. The highest BCUT2D eigenvalue weighted by Crippen LogP contribution is 2.25. The van der Waals surface area contributed by atoms with E-state index in [1.165, 1.54) is 0 Å². The first-order valence-electron chi connectivity index (χ1n) is 6.32. The van der Waals surface area contributed by atoms with Crippen LogP contribution in [-0.4, -0.2) is 40.1 Å². The molecule has 3 rings (SSSR count). The van der Waals surface area contributed by atoms with E-state index in [4.69, 9.17) is 4.74 Å². The summed E-state index contributed by atoms with van der Waals surface area (Å²) in [5, 5.41) is 16.0. The molecule has 3 heterocycles. The van der Waals surface area contributed by atoms with Crippen LogP contribution in [0.15, 0.2) is 12.1 Å².